The minimum absolute atomic E-state index is 0.0596. The maximum Gasteiger partial charge on any atom is 0.331 e. The van der Waals surface area contributed by atoms with Crippen molar-refractivity contribution >= 4 is 0 Å². The largest absolute Gasteiger partial charge is 0.494 e. The number of aromatic hydroxyl groups is 1. The van der Waals surface area contributed by atoms with Crippen molar-refractivity contribution in [3.63, 3.8) is 0 Å². The van der Waals surface area contributed by atoms with Crippen LogP contribution in [0.25, 0.3) is 0 Å². The molecule has 1 aromatic heterocycles. The Labute approximate surface area is 80.0 Å². The highest BCUT2D eigenvalue weighted by Crippen LogP contribution is 2.45. The van der Waals surface area contributed by atoms with Crippen LogP contribution in [0.1, 0.15) is 25.8 Å². The number of hydrogen-bond acceptors (Lipinski definition) is 3. The number of hydrogen-bond donors (Lipinski definition) is 2. The van der Waals surface area contributed by atoms with Gasteiger partial charge in [-0.15, -0.1) is 0 Å². The van der Waals surface area contributed by atoms with E-state index in [4.69, 9.17) is 0 Å². The van der Waals surface area contributed by atoms with Gasteiger partial charge in [0.15, 0.2) is 0 Å². The van der Waals surface area contributed by atoms with Crippen molar-refractivity contribution in [2.45, 2.75) is 25.8 Å². The molecule has 1 fully saturated rings. The van der Waals surface area contributed by atoms with Gasteiger partial charge < -0.3 is 5.11 Å². The van der Waals surface area contributed by atoms with Crippen LogP contribution < -0.4 is 11.2 Å². The molecular weight excluding hydrogens is 184 g/mol. The fourth-order valence-corrected chi connectivity index (χ4v) is 1.80. The third-order valence-electron chi connectivity index (χ3n) is 2.70. The van der Waals surface area contributed by atoms with E-state index >= 15 is 0 Å². The minimum atomic E-state index is -0.558. The molecule has 0 amide bonds. The van der Waals surface area contributed by atoms with Gasteiger partial charge in [0.1, 0.15) is 0 Å². The van der Waals surface area contributed by atoms with Crippen molar-refractivity contribution in [1.29, 1.82) is 0 Å². The van der Waals surface area contributed by atoms with Crippen LogP contribution in [-0.4, -0.2) is 14.7 Å². The molecule has 1 aromatic rings. The molecule has 0 saturated heterocycles. The predicted molar refractivity (Wildman–Crippen MR) is 50.4 cm³/mol. The summed E-state index contributed by atoms with van der Waals surface area (Å²) < 4.78 is 1.26. The van der Waals surface area contributed by atoms with E-state index in [2.05, 4.69) is 4.98 Å². The topological polar surface area (TPSA) is 75.1 Å². The zero-order chi connectivity index (χ0) is 10.3. The van der Waals surface area contributed by atoms with Crippen LogP contribution in [-0.2, 0) is 0 Å². The SMILES string of the molecule is CCC1CC1n1c(O)cc(=O)[nH]c1=O. The van der Waals surface area contributed by atoms with E-state index in [0.717, 1.165) is 18.9 Å². The molecule has 5 heteroatoms. The van der Waals surface area contributed by atoms with Crippen molar-refractivity contribution in [2.24, 2.45) is 5.92 Å². The van der Waals surface area contributed by atoms with E-state index in [1.54, 1.807) is 0 Å². The highest BCUT2D eigenvalue weighted by molar-refractivity contribution is 5.11. The summed E-state index contributed by atoms with van der Waals surface area (Å²) in [7, 11) is 0. The predicted octanol–water partition coefficient (Wildman–Crippen LogP) is 0.213. The number of rotatable bonds is 2. The first kappa shape index (κ1) is 9.05. The first-order chi connectivity index (χ1) is 6.63. The Bertz CT molecular complexity index is 460. The van der Waals surface area contributed by atoms with Crippen LogP contribution >= 0.6 is 0 Å². The van der Waals surface area contributed by atoms with Gasteiger partial charge in [-0.25, -0.2) is 4.79 Å². The molecule has 1 aliphatic carbocycles. The first-order valence-electron chi connectivity index (χ1n) is 4.68. The molecule has 1 aliphatic rings. The number of nitrogens with one attached hydrogen (secondary N) is 1. The molecule has 14 heavy (non-hydrogen) atoms. The summed E-state index contributed by atoms with van der Waals surface area (Å²) in [6.45, 7) is 2.04. The number of H-pyrrole nitrogens is 1. The molecule has 2 rings (SSSR count). The van der Waals surface area contributed by atoms with Crippen molar-refractivity contribution in [2.75, 3.05) is 0 Å². The molecule has 0 spiro atoms. The lowest BCUT2D eigenvalue weighted by atomic mass is 10.3. The molecule has 5 nitrogen and oxygen atoms in total. The van der Waals surface area contributed by atoms with Gasteiger partial charge in [-0.05, 0) is 12.3 Å². The molecule has 0 aliphatic heterocycles. The molecule has 0 radical (unpaired) electrons. The van der Waals surface area contributed by atoms with Crippen LogP contribution in [0.15, 0.2) is 15.7 Å². The molecule has 2 N–H and O–H groups in total. The van der Waals surface area contributed by atoms with Crippen molar-refractivity contribution in [3.05, 3.63) is 26.9 Å². The average Bonchev–Trinajstić information content (AvgIpc) is 2.81. The van der Waals surface area contributed by atoms with Crippen LogP contribution in [0.5, 0.6) is 5.88 Å². The second kappa shape index (κ2) is 3.01. The van der Waals surface area contributed by atoms with Crippen LogP contribution in [0.3, 0.4) is 0 Å². The second-order valence-electron chi connectivity index (χ2n) is 3.64. The van der Waals surface area contributed by atoms with Crippen LogP contribution in [0.4, 0.5) is 0 Å². The van der Waals surface area contributed by atoms with Gasteiger partial charge in [-0.2, -0.15) is 0 Å². The third kappa shape index (κ3) is 1.34. The zero-order valence-corrected chi connectivity index (χ0v) is 7.86. The van der Waals surface area contributed by atoms with Gasteiger partial charge >= 0.3 is 5.69 Å². The van der Waals surface area contributed by atoms with Crippen molar-refractivity contribution in [3.8, 4) is 5.88 Å². The fraction of sp³-hybridized carbons (Fsp3) is 0.556. The summed E-state index contributed by atoms with van der Waals surface area (Å²) in [5, 5.41) is 9.44. The Balaban J connectivity index is 2.45. The average molecular weight is 196 g/mol. The summed E-state index contributed by atoms with van der Waals surface area (Å²) in [5.41, 5.74) is -1.08. The summed E-state index contributed by atoms with van der Waals surface area (Å²) >= 11 is 0. The molecular formula is C9H12N2O3. The summed E-state index contributed by atoms with van der Waals surface area (Å²) in [6.07, 6.45) is 1.88. The number of aromatic amines is 1. The first-order valence-corrected chi connectivity index (χ1v) is 4.68. The highest BCUT2D eigenvalue weighted by atomic mass is 16.3. The van der Waals surface area contributed by atoms with E-state index in [1.807, 2.05) is 6.92 Å². The Morgan fingerprint density at radius 1 is 1.64 bits per heavy atom. The van der Waals surface area contributed by atoms with Gasteiger partial charge in [0.2, 0.25) is 5.88 Å². The molecule has 1 saturated carbocycles. The Morgan fingerprint density at radius 3 is 2.86 bits per heavy atom. The lowest BCUT2D eigenvalue weighted by molar-refractivity contribution is 0.395. The Hall–Kier alpha value is -1.52. The van der Waals surface area contributed by atoms with E-state index in [0.29, 0.717) is 5.92 Å². The molecule has 2 unspecified atom stereocenters. The quantitative estimate of drug-likeness (QED) is 0.710. The third-order valence-corrected chi connectivity index (χ3v) is 2.70. The van der Waals surface area contributed by atoms with Crippen LogP contribution in [0, 0.1) is 5.92 Å². The standard InChI is InChI=1S/C9H12N2O3/c1-2-5-3-6(5)11-8(13)4-7(12)10-9(11)14/h4-6,13H,2-3H2,1H3,(H,10,12,14). The van der Waals surface area contributed by atoms with Gasteiger partial charge in [0.25, 0.3) is 5.56 Å². The monoisotopic (exact) mass is 196 g/mol. The van der Waals surface area contributed by atoms with Crippen molar-refractivity contribution in [1.82, 2.24) is 9.55 Å². The molecule has 0 aromatic carbocycles. The van der Waals surface area contributed by atoms with Crippen LogP contribution in [0.2, 0.25) is 0 Å². The summed E-state index contributed by atoms with van der Waals surface area (Å²) in [5.74, 6) is 0.212. The number of aromatic nitrogens is 2. The molecule has 1 heterocycles. The summed E-state index contributed by atoms with van der Waals surface area (Å²) in [4.78, 5) is 24.3. The molecule has 2 atom stereocenters. The minimum Gasteiger partial charge on any atom is -0.494 e. The lowest BCUT2D eigenvalue weighted by Crippen LogP contribution is -2.28. The smallest absolute Gasteiger partial charge is 0.331 e. The Kier molecular flexibility index (Phi) is 1.94. The van der Waals surface area contributed by atoms with E-state index in [9.17, 15) is 14.7 Å². The van der Waals surface area contributed by atoms with Gasteiger partial charge in [0.05, 0.1) is 6.07 Å². The Morgan fingerprint density at radius 2 is 2.36 bits per heavy atom. The van der Waals surface area contributed by atoms with E-state index in [1.165, 1.54) is 4.57 Å². The van der Waals surface area contributed by atoms with E-state index < -0.39 is 11.2 Å². The van der Waals surface area contributed by atoms with Gasteiger partial charge in [-0.1, -0.05) is 13.3 Å². The summed E-state index contributed by atoms with van der Waals surface area (Å²) in [6, 6.07) is 1.09. The number of nitrogens with zero attached hydrogens (tertiary/aromatic N) is 1. The normalized spacial score (nSPS) is 24.9. The lowest BCUT2D eigenvalue weighted by Gasteiger charge is -2.05. The van der Waals surface area contributed by atoms with Gasteiger partial charge in [0, 0.05) is 6.04 Å². The zero-order valence-electron chi connectivity index (χ0n) is 7.86. The molecule has 0 bridgehead atoms. The molecule has 76 valence electrons. The highest BCUT2D eigenvalue weighted by Gasteiger charge is 2.39. The van der Waals surface area contributed by atoms with Gasteiger partial charge in [-0.3, -0.25) is 14.3 Å². The maximum absolute atomic E-state index is 11.4. The fourth-order valence-electron chi connectivity index (χ4n) is 1.80. The second-order valence-corrected chi connectivity index (χ2v) is 3.64. The maximum atomic E-state index is 11.4. The van der Waals surface area contributed by atoms with E-state index in [-0.39, 0.29) is 11.9 Å². The van der Waals surface area contributed by atoms with Crippen molar-refractivity contribution < 1.29 is 5.11 Å².